The molecule has 0 saturated carbocycles. The van der Waals surface area contributed by atoms with Crippen LogP contribution in [0.4, 0.5) is 11.4 Å². The van der Waals surface area contributed by atoms with Crippen molar-refractivity contribution in [2.24, 2.45) is 0 Å². The maximum Gasteiger partial charge on any atom is 0.270 e. The molecule has 0 spiro atoms. The lowest BCUT2D eigenvalue weighted by Gasteiger charge is -2.09. The van der Waals surface area contributed by atoms with Crippen LogP contribution in [0.2, 0.25) is 0 Å². The molecule has 5 nitrogen and oxygen atoms in total. The Labute approximate surface area is 130 Å². The van der Waals surface area contributed by atoms with Crippen LogP contribution >= 0.6 is 15.9 Å². The molecule has 2 rings (SSSR count). The molecule has 1 N–H and O–H groups in total. The predicted octanol–water partition coefficient (Wildman–Crippen LogP) is 4.23. The van der Waals surface area contributed by atoms with E-state index in [0.29, 0.717) is 11.3 Å². The Morgan fingerprint density at radius 2 is 1.90 bits per heavy atom. The third kappa shape index (κ3) is 3.66. The number of aryl methyl sites for hydroxylation is 2. The van der Waals surface area contributed by atoms with E-state index in [1.54, 1.807) is 19.1 Å². The second-order valence-electron chi connectivity index (χ2n) is 4.73. The van der Waals surface area contributed by atoms with Gasteiger partial charge in [0.1, 0.15) is 0 Å². The predicted molar refractivity (Wildman–Crippen MR) is 84.7 cm³/mol. The molecular weight excluding hydrogens is 336 g/mol. The Kier molecular flexibility index (Phi) is 4.37. The van der Waals surface area contributed by atoms with Gasteiger partial charge < -0.3 is 5.32 Å². The molecule has 2 aromatic carbocycles. The molecule has 0 aromatic heterocycles. The average molecular weight is 349 g/mol. The number of nitro groups is 1. The van der Waals surface area contributed by atoms with Gasteiger partial charge in [-0.15, -0.1) is 0 Å². The summed E-state index contributed by atoms with van der Waals surface area (Å²) in [5.41, 5.74) is 2.42. The van der Waals surface area contributed by atoms with Crippen LogP contribution in [-0.4, -0.2) is 10.8 Å². The molecule has 0 radical (unpaired) electrons. The smallest absolute Gasteiger partial charge is 0.270 e. The Morgan fingerprint density at radius 3 is 2.57 bits per heavy atom. The van der Waals surface area contributed by atoms with Crippen molar-refractivity contribution < 1.29 is 9.72 Å². The van der Waals surface area contributed by atoms with Gasteiger partial charge in [-0.3, -0.25) is 14.9 Å². The van der Waals surface area contributed by atoms with Crippen molar-refractivity contribution in [2.45, 2.75) is 13.8 Å². The largest absolute Gasteiger partial charge is 0.322 e. The first kappa shape index (κ1) is 15.2. The maximum absolute atomic E-state index is 12.3. The van der Waals surface area contributed by atoms with E-state index in [1.165, 1.54) is 12.1 Å². The monoisotopic (exact) mass is 348 g/mol. The van der Waals surface area contributed by atoms with Crippen LogP contribution in [0.1, 0.15) is 21.5 Å². The summed E-state index contributed by atoms with van der Waals surface area (Å²) in [4.78, 5) is 22.6. The normalized spacial score (nSPS) is 10.2. The van der Waals surface area contributed by atoms with Crippen molar-refractivity contribution in [3.05, 3.63) is 67.7 Å². The summed E-state index contributed by atoms with van der Waals surface area (Å²) in [5, 5.41) is 13.6. The zero-order chi connectivity index (χ0) is 15.6. The second kappa shape index (κ2) is 6.05. The number of nitro benzene ring substituents is 1. The minimum atomic E-state index is -0.506. The van der Waals surface area contributed by atoms with E-state index in [0.717, 1.165) is 10.0 Å². The lowest BCUT2D eigenvalue weighted by atomic mass is 10.1. The molecule has 0 fully saturated rings. The highest BCUT2D eigenvalue weighted by Gasteiger charge is 2.14. The number of nitrogens with one attached hydrogen (secondary N) is 1. The number of nitrogens with zero attached hydrogens (tertiary/aromatic N) is 1. The SMILES string of the molecule is Cc1cc(C(=O)Nc2cc(Br)ccc2C)cc([N+](=O)[O-])c1. The lowest BCUT2D eigenvalue weighted by molar-refractivity contribution is -0.384. The van der Waals surface area contributed by atoms with Crippen LogP contribution in [-0.2, 0) is 0 Å². The number of hydrogen-bond acceptors (Lipinski definition) is 3. The number of benzene rings is 2. The van der Waals surface area contributed by atoms with Crippen LogP contribution in [0, 0.1) is 24.0 Å². The third-order valence-corrected chi connectivity index (χ3v) is 3.48. The molecule has 0 unspecified atom stereocenters. The first-order valence-electron chi connectivity index (χ1n) is 6.20. The van der Waals surface area contributed by atoms with Crippen molar-refractivity contribution in [2.75, 3.05) is 5.32 Å². The van der Waals surface area contributed by atoms with Gasteiger partial charge in [-0.05, 0) is 43.2 Å². The molecule has 6 heteroatoms. The maximum atomic E-state index is 12.3. The van der Waals surface area contributed by atoms with E-state index < -0.39 is 4.92 Å². The van der Waals surface area contributed by atoms with Gasteiger partial charge in [-0.25, -0.2) is 0 Å². The standard InChI is InChI=1S/C15H13BrN2O3/c1-9-5-11(7-13(6-9)18(20)21)15(19)17-14-8-12(16)4-3-10(14)2/h3-8H,1-2H3,(H,17,19). The van der Waals surface area contributed by atoms with Crippen LogP contribution in [0.3, 0.4) is 0 Å². The zero-order valence-corrected chi connectivity index (χ0v) is 13.1. The minimum Gasteiger partial charge on any atom is -0.322 e. The Bertz CT molecular complexity index is 729. The zero-order valence-electron chi connectivity index (χ0n) is 11.5. The lowest BCUT2D eigenvalue weighted by Crippen LogP contribution is -2.13. The Hall–Kier alpha value is -2.21. The molecule has 0 saturated heterocycles. The molecule has 21 heavy (non-hydrogen) atoms. The van der Waals surface area contributed by atoms with Gasteiger partial charge in [-0.2, -0.15) is 0 Å². The van der Waals surface area contributed by atoms with Gasteiger partial charge in [0.2, 0.25) is 0 Å². The number of hydrogen-bond donors (Lipinski definition) is 1. The average Bonchev–Trinajstić information content (AvgIpc) is 2.42. The Balaban J connectivity index is 2.32. The quantitative estimate of drug-likeness (QED) is 0.666. The third-order valence-electron chi connectivity index (χ3n) is 2.98. The number of amides is 1. The first-order valence-corrected chi connectivity index (χ1v) is 6.99. The molecule has 0 bridgehead atoms. The minimum absolute atomic E-state index is 0.0916. The number of rotatable bonds is 3. The number of halogens is 1. The van der Waals surface area contributed by atoms with Gasteiger partial charge in [0, 0.05) is 27.9 Å². The fourth-order valence-corrected chi connectivity index (χ4v) is 2.28. The summed E-state index contributed by atoms with van der Waals surface area (Å²) in [5.74, 6) is -0.372. The number of non-ortho nitro benzene ring substituents is 1. The van der Waals surface area contributed by atoms with Crippen LogP contribution in [0.25, 0.3) is 0 Å². The van der Waals surface area contributed by atoms with Crippen molar-refractivity contribution in [3.8, 4) is 0 Å². The number of carbonyl (C=O) groups is 1. The molecule has 0 aliphatic heterocycles. The first-order chi connectivity index (χ1) is 9.86. The van der Waals surface area contributed by atoms with E-state index in [9.17, 15) is 14.9 Å². The Morgan fingerprint density at radius 1 is 1.19 bits per heavy atom. The van der Waals surface area contributed by atoms with Crippen molar-refractivity contribution >= 4 is 33.2 Å². The molecule has 0 heterocycles. The van der Waals surface area contributed by atoms with Gasteiger partial charge in [0.05, 0.1) is 4.92 Å². The summed E-state index contributed by atoms with van der Waals surface area (Å²) in [7, 11) is 0. The van der Waals surface area contributed by atoms with E-state index in [4.69, 9.17) is 0 Å². The fourth-order valence-electron chi connectivity index (χ4n) is 1.92. The van der Waals surface area contributed by atoms with Gasteiger partial charge >= 0.3 is 0 Å². The van der Waals surface area contributed by atoms with E-state index in [1.807, 2.05) is 19.1 Å². The summed E-state index contributed by atoms with van der Waals surface area (Å²) in [6.07, 6.45) is 0. The molecule has 0 atom stereocenters. The van der Waals surface area contributed by atoms with Crippen molar-refractivity contribution in [3.63, 3.8) is 0 Å². The summed E-state index contributed by atoms with van der Waals surface area (Å²) < 4.78 is 0.846. The van der Waals surface area contributed by atoms with Gasteiger partial charge in [0.15, 0.2) is 0 Å². The second-order valence-corrected chi connectivity index (χ2v) is 5.64. The highest BCUT2D eigenvalue weighted by Crippen LogP contribution is 2.22. The van der Waals surface area contributed by atoms with E-state index in [2.05, 4.69) is 21.2 Å². The van der Waals surface area contributed by atoms with Crippen LogP contribution in [0.15, 0.2) is 40.9 Å². The molecule has 108 valence electrons. The highest BCUT2D eigenvalue weighted by atomic mass is 79.9. The number of carbonyl (C=O) groups excluding carboxylic acids is 1. The van der Waals surface area contributed by atoms with Crippen molar-refractivity contribution in [1.82, 2.24) is 0 Å². The fraction of sp³-hybridized carbons (Fsp3) is 0.133. The topological polar surface area (TPSA) is 72.2 Å². The van der Waals surface area contributed by atoms with Gasteiger partial charge in [-0.1, -0.05) is 22.0 Å². The molecule has 1 amide bonds. The summed E-state index contributed by atoms with van der Waals surface area (Å²) in [6, 6.07) is 9.87. The molecule has 0 aliphatic rings. The van der Waals surface area contributed by atoms with E-state index in [-0.39, 0.29) is 17.2 Å². The molecule has 2 aromatic rings. The summed E-state index contributed by atoms with van der Waals surface area (Å²) in [6.45, 7) is 3.59. The molecular formula is C15H13BrN2O3. The molecule has 0 aliphatic carbocycles. The van der Waals surface area contributed by atoms with E-state index >= 15 is 0 Å². The number of anilines is 1. The summed E-state index contributed by atoms with van der Waals surface area (Å²) >= 11 is 3.34. The van der Waals surface area contributed by atoms with Crippen LogP contribution in [0.5, 0.6) is 0 Å². The van der Waals surface area contributed by atoms with Gasteiger partial charge in [0.25, 0.3) is 11.6 Å². The van der Waals surface area contributed by atoms with Crippen molar-refractivity contribution in [1.29, 1.82) is 0 Å². The van der Waals surface area contributed by atoms with Crippen LogP contribution < -0.4 is 5.32 Å². The highest BCUT2D eigenvalue weighted by molar-refractivity contribution is 9.10.